The molecule has 0 aliphatic carbocycles. The second-order valence-corrected chi connectivity index (χ2v) is 11.7. The maximum Gasteiger partial charge on any atom is 0.254 e. The molecule has 6 rings (SSSR count). The van der Waals surface area contributed by atoms with Gasteiger partial charge >= 0.3 is 0 Å². The molecule has 2 spiro atoms. The molecule has 9 heteroatoms. The second-order valence-electron chi connectivity index (χ2n) is 9.43. The molecule has 6 nitrogen and oxygen atoms in total. The van der Waals surface area contributed by atoms with Gasteiger partial charge < -0.3 is 4.90 Å². The van der Waals surface area contributed by atoms with E-state index in [4.69, 9.17) is 23.8 Å². The quantitative estimate of drug-likeness (QED) is 0.463. The summed E-state index contributed by atoms with van der Waals surface area (Å²) in [5.41, 5.74) is 2.15. The number of carbonyl (C=O) groups excluding carboxylic acids is 2. The van der Waals surface area contributed by atoms with Gasteiger partial charge in [-0.2, -0.15) is 0 Å². The molecule has 36 heavy (non-hydrogen) atoms. The molecular weight excluding hydrogens is 512 g/mol. The first-order valence-corrected chi connectivity index (χ1v) is 13.2. The van der Waals surface area contributed by atoms with Crippen LogP contribution in [0.1, 0.15) is 22.6 Å². The number of anilines is 1. The maximum atomic E-state index is 14.8. The van der Waals surface area contributed by atoms with Crippen molar-refractivity contribution in [2.45, 2.75) is 22.7 Å². The number of rotatable bonds is 3. The average molecular weight is 535 g/mol. The summed E-state index contributed by atoms with van der Waals surface area (Å²) in [5, 5.41) is 0.520. The molecule has 3 aromatic rings. The minimum atomic E-state index is -1.27. The van der Waals surface area contributed by atoms with Crippen LogP contribution in [-0.2, 0) is 21.7 Å². The Balaban J connectivity index is 1.60. The number of pyridine rings is 1. The van der Waals surface area contributed by atoms with Gasteiger partial charge in [0.25, 0.3) is 5.91 Å². The molecule has 3 atom stereocenters. The molecule has 3 aliphatic heterocycles. The smallest absolute Gasteiger partial charge is 0.254 e. The number of hydrogen-bond acceptors (Lipinski definition) is 6. The first-order chi connectivity index (χ1) is 17.3. The van der Waals surface area contributed by atoms with Gasteiger partial charge in [-0.3, -0.25) is 24.4 Å². The van der Waals surface area contributed by atoms with E-state index >= 15 is 0 Å². The monoisotopic (exact) mass is 534 g/mol. The SMILES string of the molecule is CN1C(=O)[C@@]2(c3cc(Cl)ccc31)N(C)CC(c1ccncc1)[C@@]21SC(=S)N(Cc2ccccc2)C1=O. The number of fused-ring (bicyclic) bond motifs is 3. The highest BCUT2D eigenvalue weighted by atomic mass is 35.5. The Labute approximate surface area is 224 Å². The molecule has 4 heterocycles. The number of thiocarbonyl (C=S) groups is 1. The molecule has 2 aromatic carbocycles. The normalized spacial score (nSPS) is 27.6. The second kappa shape index (κ2) is 8.38. The van der Waals surface area contributed by atoms with Crippen LogP contribution in [0.5, 0.6) is 0 Å². The molecule has 0 bridgehead atoms. The lowest BCUT2D eigenvalue weighted by atomic mass is 9.72. The molecule has 1 unspecified atom stereocenters. The third-order valence-electron chi connectivity index (χ3n) is 7.70. The summed E-state index contributed by atoms with van der Waals surface area (Å²) in [6, 6.07) is 19.1. The highest BCUT2D eigenvalue weighted by molar-refractivity contribution is 8.25. The van der Waals surface area contributed by atoms with Crippen LogP contribution in [0, 0.1) is 0 Å². The van der Waals surface area contributed by atoms with Crippen molar-refractivity contribution in [3.05, 3.63) is 94.8 Å². The van der Waals surface area contributed by atoms with Gasteiger partial charge in [0.15, 0.2) is 5.54 Å². The Morgan fingerprint density at radius 3 is 2.50 bits per heavy atom. The van der Waals surface area contributed by atoms with Gasteiger partial charge in [-0.25, -0.2) is 0 Å². The standard InChI is InChI=1S/C27H23ClN4O2S2/c1-30-16-21(18-10-12-29-13-11-18)27(24(34)32(25(35)36-27)15-17-6-4-3-5-7-17)26(30)20-14-19(28)8-9-22(20)31(2)23(26)33/h3-14,21H,15-16H2,1-2H3/t21?,26-,27+/m1/s1. The number of hydrogen-bond donors (Lipinski definition) is 0. The molecule has 0 N–H and O–H groups in total. The van der Waals surface area contributed by atoms with Crippen LogP contribution in [0.15, 0.2) is 73.1 Å². The molecule has 2 amide bonds. The molecule has 0 radical (unpaired) electrons. The lowest BCUT2D eigenvalue weighted by Gasteiger charge is -2.42. The van der Waals surface area contributed by atoms with Gasteiger partial charge in [0, 0.05) is 48.2 Å². The van der Waals surface area contributed by atoms with E-state index < -0.39 is 10.3 Å². The summed E-state index contributed by atoms with van der Waals surface area (Å²) in [6.45, 7) is 0.846. The third-order valence-corrected chi connectivity index (χ3v) is 9.88. The van der Waals surface area contributed by atoms with Crippen LogP contribution in [-0.4, -0.2) is 56.3 Å². The number of thioether (sulfide) groups is 1. The summed E-state index contributed by atoms with van der Waals surface area (Å²) < 4.78 is -0.737. The Bertz CT molecular complexity index is 1410. The summed E-state index contributed by atoms with van der Waals surface area (Å²) in [5.74, 6) is -0.602. The van der Waals surface area contributed by atoms with Gasteiger partial charge in [-0.15, -0.1) is 0 Å². The van der Waals surface area contributed by atoms with Crippen molar-refractivity contribution in [1.29, 1.82) is 0 Å². The van der Waals surface area contributed by atoms with E-state index in [0.29, 0.717) is 22.4 Å². The fourth-order valence-electron chi connectivity index (χ4n) is 6.17. The number of benzene rings is 2. The van der Waals surface area contributed by atoms with Crippen LogP contribution in [0.3, 0.4) is 0 Å². The van der Waals surface area contributed by atoms with E-state index in [2.05, 4.69) is 4.98 Å². The van der Waals surface area contributed by atoms with Crippen LogP contribution in [0.25, 0.3) is 0 Å². The van der Waals surface area contributed by atoms with E-state index in [0.717, 1.165) is 22.4 Å². The zero-order valence-corrected chi connectivity index (χ0v) is 22.1. The van der Waals surface area contributed by atoms with Gasteiger partial charge in [0.2, 0.25) is 5.91 Å². The lowest BCUT2D eigenvalue weighted by molar-refractivity contribution is -0.139. The van der Waals surface area contributed by atoms with Crippen LogP contribution >= 0.6 is 35.6 Å². The van der Waals surface area contributed by atoms with E-state index in [1.807, 2.05) is 66.5 Å². The molecule has 2 saturated heterocycles. The summed E-state index contributed by atoms with van der Waals surface area (Å²) >= 11 is 13.7. The number of amides is 2. The summed E-state index contributed by atoms with van der Waals surface area (Å²) in [7, 11) is 3.68. The largest absolute Gasteiger partial charge is 0.313 e. The Hall–Kier alpha value is -2.78. The molecule has 0 saturated carbocycles. The minimum absolute atomic E-state index is 0.149. The highest BCUT2D eigenvalue weighted by Crippen LogP contribution is 2.66. The zero-order valence-electron chi connectivity index (χ0n) is 19.7. The summed E-state index contributed by atoms with van der Waals surface area (Å²) in [6.07, 6.45) is 3.46. The third kappa shape index (κ3) is 2.96. The summed E-state index contributed by atoms with van der Waals surface area (Å²) in [4.78, 5) is 38.6. The van der Waals surface area contributed by atoms with Gasteiger partial charge in [-0.05, 0) is 48.5 Å². The molecule has 182 valence electrons. The van der Waals surface area contributed by atoms with E-state index in [1.165, 1.54) is 11.8 Å². The van der Waals surface area contributed by atoms with Crippen LogP contribution < -0.4 is 4.90 Å². The minimum Gasteiger partial charge on any atom is -0.313 e. The highest BCUT2D eigenvalue weighted by Gasteiger charge is 2.78. The van der Waals surface area contributed by atoms with E-state index in [1.54, 1.807) is 35.3 Å². The first-order valence-electron chi connectivity index (χ1n) is 11.6. The van der Waals surface area contributed by atoms with E-state index in [9.17, 15) is 9.59 Å². The Morgan fingerprint density at radius 2 is 1.78 bits per heavy atom. The Kier molecular flexibility index (Phi) is 5.50. The predicted octanol–water partition coefficient (Wildman–Crippen LogP) is 4.44. The van der Waals surface area contributed by atoms with Gasteiger partial charge in [-0.1, -0.05) is 65.9 Å². The number of likely N-dealkylation sites (tertiary alicyclic amines) is 1. The first kappa shape index (κ1) is 23.6. The zero-order chi connectivity index (χ0) is 25.2. The van der Waals surface area contributed by atoms with Crippen LogP contribution in [0.4, 0.5) is 5.69 Å². The topological polar surface area (TPSA) is 56.8 Å². The fourth-order valence-corrected chi connectivity index (χ4v) is 8.47. The van der Waals surface area contributed by atoms with Crippen molar-refractivity contribution in [2.24, 2.45) is 0 Å². The van der Waals surface area contributed by atoms with Gasteiger partial charge in [0.1, 0.15) is 9.07 Å². The average Bonchev–Trinajstić information content (AvgIpc) is 3.38. The Morgan fingerprint density at radius 1 is 1.06 bits per heavy atom. The van der Waals surface area contributed by atoms with Crippen molar-refractivity contribution >= 4 is 57.4 Å². The van der Waals surface area contributed by atoms with Gasteiger partial charge in [0.05, 0.1) is 6.54 Å². The van der Waals surface area contributed by atoms with Crippen molar-refractivity contribution < 1.29 is 9.59 Å². The fraction of sp³-hybridized carbons (Fsp3) is 0.259. The van der Waals surface area contributed by atoms with Crippen LogP contribution in [0.2, 0.25) is 5.02 Å². The molecule has 1 aromatic heterocycles. The van der Waals surface area contributed by atoms with Crippen molar-refractivity contribution in [1.82, 2.24) is 14.8 Å². The molecule has 2 fully saturated rings. The maximum absolute atomic E-state index is 14.8. The number of likely N-dealkylation sites (N-methyl/N-ethyl adjacent to an activating group) is 2. The lowest BCUT2D eigenvalue weighted by Crippen LogP contribution is -2.62. The number of nitrogens with zero attached hydrogens (tertiary/aromatic N) is 4. The molecular formula is C27H23ClN4O2S2. The van der Waals surface area contributed by atoms with Crippen molar-refractivity contribution in [2.75, 3.05) is 25.5 Å². The van der Waals surface area contributed by atoms with E-state index in [-0.39, 0.29) is 17.7 Å². The molecule has 3 aliphatic rings. The van der Waals surface area contributed by atoms with Crippen molar-refractivity contribution in [3.8, 4) is 0 Å². The van der Waals surface area contributed by atoms with Crippen molar-refractivity contribution in [3.63, 3.8) is 0 Å². The number of halogens is 1. The number of aromatic nitrogens is 1. The predicted molar refractivity (Wildman–Crippen MR) is 146 cm³/mol. The number of carbonyl (C=O) groups is 2.